The summed E-state index contributed by atoms with van der Waals surface area (Å²) in [6.07, 6.45) is 2.10. The van der Waals surface area contributed by atoms with Gasteiger partial charge in [-0.1, -0.05) is 43.3 Å². The summed E-state index contributed by atoms with van der Waals surface area (Å²) in [5, 5.41) is 3.62. The van der Waals surface area contributed by atoms with E-state index in [9.17, 15) is 0 Å². The van der Waals surface area contributed by atoms with E-state index in [1.807, 2.05) is 0 Å². The summed E-state index contributed by atoms with van der Waals surface area (Å²) in [6.45, 7) is 3.83. The van der Waals surface area contributed by atoms with Crippen LogP contribution in [-0.2, 0) is 13.0 Å². The standard InChI is InChI=1S/C18H21NO/c1-2-10-20-17-9-8-15-12-18(19-13-16(15)11-17)14-6-4-3-5-7-14/h3-9,11,18-19H,2,10,12-13H2,1H3. The molecule has 104 valence electrons. The average Bonchev–Trinajstić information content (AvgIpc) is 2.53. The molecule has 1 unspecified atom stereocenters. The second-order valence-corrected chi connectivity index (χ2v) is 5.33. The van der Waals surface area contributed by atoms with Crippen LogP contribution in [0.2, 0.25) is 0 Å². The fraction of sp³-hybridized carbons (Fsp3) is 0.333. The lowest BCUT2D eigenvalue weighted by molar-refractivity contribution is 0.316. The summed E-state index contributed by atoms with van der Waals surface area (Å²) < 4.78 is 5.70. The van der Waals surface area contributed by atoms with E-state index in [4.69, 9.17) is 4.74 Å². The Kier molecular flexibility index (Phi) is 4.03. The highest BCUT2D eigenvalue weighted by Gasteiger charge is 2.19. The molecule has 1 atom stereocenters. The molecular weight excluding hydrogens is 246 g/mol. The van der Waals surface area contributed by atoms with Crippen molar-refractivity contribution in [1.29, 1.82) is 0 Å². The largest absolute Gasteiger partial charge is 0.494 e. The van der Waals surface area contributed by atoms with Crippen molar-refractivity contribution >= 4 is 0 Å². The fourth-order valence-corrected chi connectivity index (χ4v) is 2.72. The van der Waals surface area contributed by atoms with Gasteiger partial charge < -0.3 is 10.1 Å². The van der Waals surface area contributed by atoms with Gasteiger partial charge in [-0.05, 0) is 41.7 Å². The van der Waals surface area contributed by atoms with Gasteiger partial charge in [0, 0.05) is 12.6 Å². The molecule has 0 amide bonds. The van der Waals surface area contributed by atoms with Crippen LogP contribution in [0.3, 0.4) is 0 Å². The van der Waals surface area contributed by atoms with Crippen molar-refractivity contribution in [2.24, 2.45) is 0 Å². The minimum atomic E-state index is 0.422. The first-order valence-corrected chi connectivity index (χ1v) is 7.39. The highest BCUT2D eigenvalue weighted by atomic mass is 16.5. The molecular formula is C18H21NO. The van der Waals surface area contributed by atoms with E-state index < -0.39 is 0 Å². The van der Waals surface area contributed by atoms with Crippen LogP contribution in [0.4, 0.5) is 0 Å². The number of hydrogen-bond donors (Lipinski definition) is 1. The topological polar surface area (TPSA) is 21.3 Å². The number of hydrogen-bond acceptors (Lipinski definition) is 2. The fourth-order valence-electron chi connectivity index (χ4n) is 2.72. The second kappa shape index (κ2) is 6.10. The lowest BCUT2D eigenvalue weighted by atomic mass is 9.91. The van der Waals surface area contributed by atoms with Crippen LogP contribution in [0.15, 0.2) is 48.5 Å². The molecule has 0 saturated carbocycles. The molecule has 20 heavy (non-hydrogen) atoms. The van der Waals surface area contributed by atoms with Gasteiger partial charge in [-0.15, -0.1) is 0 Å². The lowest BCUT2D eigenvalue weighted by Crippen LogP contribution is -2.28. The number of fused-ring (bicyclic) bond motifs is 1. The molecule has 0 bridgehead atoms. The minimum Gasteiger partial charge on any atom is -0.494 e. The molecule has 1 aliphatic rings. The van der Waals surface area contributed by atoms with Crippen molar-refractivity contribution in [2.45, 2.75) is 32.4 Å². The predicted octanol–water partition coefficient (Wildman–Crippen LogP) is 3.86. The van der Waals surface area contributed by atoms with Crippen LogP contribution in [0.1, 0.15) is 36.1 Å². The minimum absolute atomic E-state index is 0.422. The molecule has 2 nitrogen and oxygen atoms in total. The number of rotatable bonds is 4. The molecule has 3 rings (SSSR count). The van der Waals surface area contributed by atoms with E-state index >= 15 is 0 Å². The average molecular weight is 267 g/mol. The Morgan fingerprint density at radius 1 is 1.10 bits per heavy atom. The molecule has 0 fully saturated rings. The zero-order chi connectivity index (χ0) is 13.8. The summed E-state index contributed by atoms with van der Waals surface area (Å²) in [7, 11) is 0. The van der Waals surface area contributed by atoms with Gasteiger partial charge in [0.15, 0.2) is 0 Å². The van der Waals surface area contributed by atoms with E-state index in [0.717, 1.165) is 31.7 Å². The van der Waals surface area contributed by atoms with Gasteiger partial charge >= 0.3 is 0 Å². The highest BCUT2D eigenvalue weighted by Crippen LogP contribution is 2.28. The van der Waals surface area contributed by atoms with Gasteiger partial charge in [0.05, 0.1) is 6.61 Å². The van der Waals surface area contributed by atoms with Crippen LogP contribution < -0.4 is 10.1 Å². The molecule has 1 aliphatic heterocycles. The van der Waals surface area contributed by atoms with Crippen molar-refractivity contribution in [3.63, 3.8) is 0 Å². The van der Waals surface area contributed by atoms with Gasteiger partial charge in [-0.3, -0.25) is 0 Å². The molecule has 0 aliphatic carbocycles. The molecule has 2 aromatic carbocycles. The Morgan fingerprint density at radius 3 is 2.75 bits per heavy atom. The highest BCUT2D eigenvalue weighted by molar-refractivity contribution is 5.39. The molecule has 1 N–H and O–H groups in total. The van der Waals surface area contributed by atoms with Crippen molar-refractivity contribution in [3.8, 4) is 5.75 Å². The van der Waals surface area contributed by atoms with Crippen LogP contribution in [-0.4, -0.2) is 6.61 Å². The zero-order valence-corrected chi connectivity index (χ0v) is 11.9. The van der Waals surface area contributed by atoms with Crippen LogP contribution in [0, 0.1) is 0 Å². The molecule has 0 spiro atoms. The smallest absolute Gasteiger partial charge is 0.119 e. The number of benzene rings is 2. The van der Waals surface area contributed by atoms with Crippen molar-refractivity contribution in [2.75, 3.05) is 6.61 Å². The lowest BCUT2D eigenvalue weighted by Gasteiger charge is -2.27. The normalized spacial score (nSPS) is 17.6. The zero-order valence-electron chi connectivity index (χ0n) is 11.9. The summed E-state index contributed by atoms with van der Waals surface area (Å²) in [6, 6.07) is 17.6. The first kappa shape index (κ1) is 13.2. The van der Waals surface area contributed by atoms with E-state index in [1.54, 1.807) is 0 Å². The summed E-state index contributed by atoms with van der Waals surface area (Å²) in [5.74, 6) is 0.991. The summed E-state index contributed by atoms with van der Waals surface area (Å²) in [4.78, 5) is 0. The van der Waals surface area contributed by atoms with Gasteiger partial charge in [-0.2, -0.15) is 0 Å². The first-order chi connectivity index (χ1) is 9.86. The van der Waals surface area contributed by atoms with E-state index in [-0.39, 0.29) is 0 Å². The monoisotopic (exact) mass is 267 g/mol. The molecule has 0 aromatic heterocycles. The third-order valence-electron chi connectivity index (χ3n) is 3.82. The quantitative estimate of drug-likeness (QED) is 0.908. The maximum Gasteiger partial charge on any atom is 0.119 e. The molecule has 0 radical (unpaired) electrons. The van der Waals surface area contributed by atoms with E-state index in [2.05, 4.69) is 60.8 Å². The van der Waals surface area contributed by atoms with Crippen LogP contribution in [0.25, 0.3) is 0 Å². The third-order valence-corrected chi connectivity index (χ3v) is 3.82. The third kappa shape index (κ3) is 2.86. The SMILES string of the molecule is CCCOc1ccc2c(c1)CNC(c1ccccc1)C2. The Morgan fingerprint density at radius 2 is 1.95 bits per heavy atom. The summed E-state index contributed by atoms with van der Waals surface area (Å²) >= 11 is 0. The molecule has 0 saturated heterocycles. The maximum absolute atomic E-state index is 5.70. The molecule has 2 heteroatoms. The van der Waals surface area contributed by atoms with Crippen LogP contribution in [0.5, 0.6) is 5.75 Å². The van der Waals surface area contributed by atoms with E-state index in [0.29, 0.717) is 6.04 Å². The van der Waals surface area contributed by atoms with E-state index in [1.165, 1.54) is 16.7 Å². The first-order valence-electron chi connectivity index (χ1n) is 7.39. The Balaban J connectivity index is 1.75. The van der Waals surface area contributed by atoms with Gasteiger partial charge in [-0.25, -0.2) is 0 Å². The van der Waals surface area contributed by atoms with Gasteiger partial charge in [0.2, 0.25) is 0 Å². The molecule has 1 heterocycles. The van der Waals surface area contributed by atoms with Gasteiger partial charge in [0.25, 0.3) is 0 Å². The Hall–Kier alpha value is -1.80. The number of ether oxygens (including phenoxy) is 1. The van der Waals surface area contributed by atoms with Crippen LogP contribution >= 0.6 is 0 Å². The second-order valence-electron chi connectivity index (χ2n) is 5.33. The van der Waals surface area contributed by atoms with Crippen molar-refractivity contribution < 1.29 is 4.74 Å². The van der Waals surface area contributed by atoms with Crippen molar-refractivity contribution in [3.05, 3.63) is 65.2 Å². The predicted molar refractivity (Wildman–Crippen MR) is 82.0 cm³/mol. The summed E-state index contributed by atoms with van der Waals surface area (Å²) in [5.41, 5.74) is 4.16. The Labute approximate surface area is 120 Å². The van der Waals surface area contributed by atoms with Gasteiger partial charge in [0.1, 0.15) is 5.75 Å². The number of nitrogens with one attached hydrogen (secondary N) is 1. The Bertz CT molecular complexity index is 565. The van der Waals surface area contributed by atoms with Crippen molar-refractivity contribution in [1.82, 2.24) is 5.32 Å². The molecule has 2 aromatic rings. The maximum atomic E-state index is 5.70.